The third-order valence-corrected chi connectivity index (χ3v) is 4.10. The molecule has 5 nitrogen and oxygen atoms in total. The fraction of sp³-hybridized carbons (Fsp3) is 0.278. The Labute approximate surface area is 158 Å². The number of rotatable bonds is 2. The Bertz CT molecular complexity index is 814. The van der Waals surface area contributed by atoms with Gasteiger partial charge in [-0.05, 0) is 43.2 Å². The number of likely N-dealkylation sites (N-methyl/N-ethyl adjacent to an activating group) is 1. The predicted octanol–water partition coefficient (Wildman–Crippen LogP) is 0.0877. The molecule has 1 aliphatic rings. The molecule has 0 unspecified atom stereocenters. The van der Waals surface area contributed by atoms with Gasteiger partial charge in [-0.15, -0.1) is 0 Å². The highest BCUT2D eigenvalue weighted by molar-refractivity contribution is 6.12. The van der Waals surface area contributed by atoms with E-state index in [1.807, 2.05) is 13.1 Å². The lowest BCUT2D eigenvalue weighted by Gasteiger charge is -2.11. The lowest BCUT2D eigenvalue weighted by atomic mass is 9.95. The molecule has 1 aliphatic heterocycles. The standard InChI is InChI=1S/C18H19N2O3.HI/c1-12-10-13(2)17-16(11-12)23-9-8-19(3)18(17)14-4-6-15(7-5-14)20(21)22;/h4-7,10-11H,8-9H2,1-3H3;1H/q+1;/p-1. The van der Waals surface area contributed by atoms with Crippen LogP contribution < -0.4 is 28.7 Å². The van der Waals surface area contributed by atoms with Gasteiger partial charge in [0.25, 0.3) is 5.69 Å². The average molecular weight is 438 g/mol. The van der Waals surface area contributed by atoms with Gasteiger partial charge in [0.05, 0.1) is 10.5 Å². The quantitative estimate of drug-likeness (QED) is 0.289. The molecule has 0 atom stereocenters. The number of nitrogens with zero attached hydrogens (tertiary/aromatic N) is 2. The molecule has 2 aromatic carbocycles. The molecular weight excluding hydrogens is 419 g/mol. The van der Waals surface area contributed by atoms with E-state index >= 15 is 0 Å². The number of hydrogen-bond acceptors (Lipinski definition) is 3. The Kier molecular flexibility index (Phi) is 5.58. The normalized spacial score (nSPS) is 13.5. The second-order valence-corrected chi connectivity index (χ2v) is 5.88. The van der Waals surface area contributed by atoms with Gasteiger partial charge in [0.15, 0.2) is 6.54 Å². The third-order valence-electron chi connectivity index (χ3n) is 4.10. The smallest absolute Gasteiger partial charge is 0.269 e. The fourth-order valence-corrected chi connectivity index (χ4v) is 3.05. The van der Waals surface area contributed by atoms with Crippen molar-refractivity contribution in [2.75, 3.05) is 20.2 Å². The average Bonchev–Trinajstić information content (AvgIpc) is 2.66. The number of fused-ring (bicyclic) bond motifs is 1. The number of hydrogen-bond donors (Lipinski definition) is 0. The van der Waals surface area contributed by atoms with Gasteiger partial charge in [0, 0.05) is 17.7 Å². The van der Waals surface area contributed by atoms with Crippen LogP contribution in [0.3, 0.4) is 0 Å². The number of non-ortho nitro benzene ring substituents is 1. The molecule has 0 radical (unpaired) electrons. The third kappa shape index (κ3) is 3.43. The van der Waals surface area contributed by atoms with E-state index in [0.717, 1.165) is 40.3 Å². The van der Waals surface area contributed by atoms with Crippen LogP contribution >= 0.6 is 0 Å². The van der Waals surface area contributed by atoms with E-state index in [1.54, 1.807) is 24.3 Å². The van der Waals surface area contributed by atoms with Crippen LogP contribution in [0.2, 0.25) is 0 Å². The maximum atomic E-state index is 10.9. The first-order valence-electron chi connectivity index (χ1n) is 7.54. The molecule has 0 fully saturated rings. The van der Waals surface area contributed by atoms with Crippen LogP contribution in [0.15, 0.2) is 36.4 Å². The molecular formula is C18H19IN2O3. The monoisotopic (exact) mass is 438 g/mol. The molecule has 0 saturated carbocycles. The highest BCUT2D eigenvalue weighted by atomic mass is 127. The summed E-state index contributed by atoms with van der Waals surface area (Å²) in [5, 5.41) is 10.9. The van der Waals surface area contributed by atoms with Gasteiger partial charge >= 0.3 is 0 Å². The van der Waals surface area contributed by atoms with E-state index in [4.69, 9.17) is 4.74 Å². The van der Waals surface area contributed by atoms with E-state index < -0.39 is 0 Å². The Morgan fingerprint density at radius 2 is 1.83 bits per heavy atom. The van der Waals surface area contributed by atoms with Gasteiger partial charge in [-0.3, -0.25) is 10.1 Å². The van der Waals surface area contributed by atoms with Crippen molar-refractivity contribution in [3.63, 3.8) is 0 Å². The van der Waals surface area contributed by atoms with Crippen LogP contribution in [-0.4, -0.2) is 35.4 Å². The van der Waals surface area contributed by atoms with Crippen molar-refractivity contribution in [1.29, 1.82) is 0 Å². The first-order valence-corrected chi connectivity index (χ1v) is 7.54. The number of halogens is 1. The highest BCUT2D eigenvalue weighted by Crippen LogP contribution is 2.29. The zero-order chi connectivity index (χ0) is 16.6. The topological polar surface area (TPSA) is 55.4 Å². The van der Waals surface area contributed by atoms with Crippen molar-refractivity contribution in [3.05, 3.63) is 68.8 Å². The van der Waals surface area contributed by atoms with Crippen LogP contribution in [-0.2, 0) is 0 Å². The van der Waals surface area contributed by atoms with Gasteiger partial charge < -0.3 is 28.7 Å². The van der Waals surface area contributed by atoms with Crippen LogP contribution in [0.1, 0.15) is 22.3 Å². The van der Waals surface area contributed by atoms with Gasteiger partial charge in [-0.25, -0.2) is 4.58 Å². The van der Waals surface area contributed by atoms with Crippen molar-refractivity contribution < 1.29 is 38.2 Å². The van der Waals surface area contributed by atoms with Gasteiger partial charge in [0.1, 0.15) is 19.4 Å². The summed E-state index contributed by atoms with van der Waals surface area (Å²) in [6, 6.07) is 10.9. The number of benzene rings is 2. The molecule has 1 heterocycles. The maximum absolute atomic E-state index is 10.9. The summed E-state index contributed by atoms with van der Waals surface area (Å²) >= 11 is 0. The largest absolute Gasteiger partial charge is 1.00 e. The Balaban J connectivity index is 0.00000208. The molecule has 6 heteroatoms. The lowest BCUT2D eigenvalue weighted by Crippen LogP contribution is -3.00. The van der Waals surface area contributed by atoms with Crippen LogP contribution in [0.5, 0.6) is 5.75 Å². The summed E-state index contributed by atoms with van der Waals surface area (Å²) in [4.78, 5) is 10.5. The predicted molar refractivity (Wildman–Crippen MR) is 88.8 cm³/mol. The summed E-state index contributed by atoms with van der Waals surface area (Å²) in [6.45, 7) is 5.50. The Hall–Kier alpha value is -1.96. The molecule has 0 aromatic heterocycles. The van der Waals surface area contributed by atoms with Crippen molar-refractivity contribution in [2.45, 2.75) is 13.8 Å². The molecule has 0 saturated heterocycles. The fourth-order valence-electron chi connectivity index (χ4n) is 3.05. The summed E-state index contributed by atoms with van der Waals surface area (Å²) in [6.07, 6.45) is 0. The summed E-state index contributed by atoms with van der Waals surface area (Å²) in [7, 11) is 2.02. The molecule has 0 N–H and O–H groups in total. The number of aryl methyl sites for hydroxylation is 2. The second-order valence-electron chi connectivity index (χ2n) is 5.88. The van der Waals surface area contributed by atoms with E-state index in [2.05, 4.69) is 24.5 Å². The van der Waals surface area contributed by atoms with E-state index in [1.165, 1.54) is 0 Å². The number of ether oxygens (including phenoxy) is 1. The van der Waals surface area contributed by atoms with Gasteiger partial charge in [-0.1, -0.05) is 6.07 Å². The molecule has 2 aromatic rings. The summed E-state index contributed by atoms with van der Waals surface area (Å²) < 4.78 is 8.07. The molecule has 126 valence electrons. The van der Waals surface area contributed by atoms with Crippen molar-refractivity contribution in [3.8, 4) is 5.75 Å². The molecule has 3 rings (SSSR count). The molecule has 0 spiro atoms. The first kappa shape index (κ1) is 18.4. The maximum Gasteiger partial charge on any atom is 0.269 e. The van der Waals surface area contributed by atoms with Crippen LogP contribution in [0.25, 0.3) is 0 Å². The Morgan fingerprint density at radius 1 is 1.17 bits per heavy atom. The van der Waals surface area contributed by atoms with Crippen molar-refractivity contribution in [1.82, 2.24) is 0 Å². The zero-order valence-corrected chi connectivity index (χ0v) is 16.0. The number of nitro groups is 1. The molecule has 24 heavy (non-hydrogen) atoms. The summed E-state index contributed by atoms with van der Waals surface area (Å²) in [5.74, 6) is 0.875. The highest BCUT2D eigenvalue weighted by Gasteiger charge is 2.26. The van der Waals surface area contributed by atoms with E-state index in [-0.39, 0.29) is 34.6 Å². The lowest BCUT2D eigenvalue weighted by molar-refractivity contribution is -0.496. The van der Waals surface area contributed by atoms with Crippen molar-refractivity contribution >= 4 is 11.4 Å². The van der Waals surface area contributed by atoms with Crippen LogP contribution in [0, 0.1) is 24.0 Å². The molecule has 0 amide bonds. The van der Waals surface area contributed by atoms with E-state index in [0.29, 0.717) is 6.61 Å². The second kappa shape index (κ2) is 7.29. The molecule has 0 bridgehead atoms. The number of nitro benzene ring substituents is 1. The first-order chi connectivity index (χ1) is 11.0. The van der Waals surface area contributed by atoms with Crippen LogP contribution in [0.4, 0.5) is 5.69 Å². The van der Waals surface area contributed by atoms with Gasteiger partial charge in [0.2, 0.25) is 5.71 Å². The molecule has 0 aliphatic carbocycles. The SMILES string of the molecule is Cc1cc(C)c2c(c1)OCC[N+](C)=C2c1ccc([N+](=O)[O-])cc1.[I-]. The minimum atomic E-state index is -0.378. The zero-order valence-electron chi connectivity index (χ0n) is 13.9. The van der Waals surface area contributed by atoms with Crippen molar-refractivity contribution in [2.24, 2.45) is 0 Å². The minimum Gasteiger partial charge on any atom is -1.00 e. The van der Waals surface area contributed by atoms with E-state index in [9.17, 15) is 10.1 Å². The Morgan fingerprint density at radius 3 is 2.46 bits per heavy atom. The minimum absolute atomic E-state index is 0. The van der Waals surface area contributed by atoms with Gasteiger partial charge in [-0.2, -0.15) is 0 Å². The summed E-state index contributed by atoms with van der Waals surface area (Å²) in [5.41, 5.74) is 5.46.